The van der Waals surface area contributed by atoms with E-state index in [2.05, 4.69) is 5.32 Å². The molecule has 1 heterocycles. The van der Waals surface area contributed by atoms with Gasteiger partial charge in [-0.15, -0.1) is 0 Å². The Bertz CT molecular complexity index is 1310. The number of rotatable bonds is 6. The molecule has 0 aliphatic rings. The van der Waals surface area contributed by atoms with E-state index in [-0.39, 0.29) is 17.9 Å². The highest BCUT2D eigenvalue weighted by Crippen LogP contribution is 2.23. The monoisotopic (exact) mass is 449 g/mol. The van der Waals surface area contributed by atoms with Gasteiger partial charge in [0.2, 0.25) is 5.91 Å². The third-order valence-electron chi connectivity index (χ3n) is 4.79. The van der Waals surface area contributed by atoms with Gasteiger partial charge in [0.15, 0.2) is 5.16 Å². The molecule has 4 aromatic rings. The van der Waals surface area contributed by atoms with E-state index < -0.39 is 0 Å². The molecule has 0 aliphatic heterocycles. The molecule has 0 atom stereocenters. The SMILES string of the molecule is Cc1ccc(Cl)cc1NC(=O)CCSc1nc2ccccc2c(=O)n1-c1ccccc1. The number of hydrogen-bond donors (Lipinski definition) is 1. The van der Waals surface area contributed by atoms with Gasteiger partial charge in [-0.2, -0.15) is 0 Å². The molecular weight excluding hydrogens is 430 g/mol. The highest BCUT2D eigenvalue weighted by molar-refractivity contribution is 7.99. The van der Waals surface area contributed by atoms with Crippen molar-refractivity contribution in [2.24, 2.45) is 0 Å². The Morgan fingerprint density at radius 3 is 2.61 bits per heavy atom. The zero-order valence-corrected chi connectivity index (χ0v) is 18.4. The molecule has 1 amide bonds. The summed E-state index contributed by atoms with van der Waals surface area (Å²) < 4.78 is 1.60. The molecule has 0 fully saturated rings. The van der Waals surface area contributed by atoms with Crippen LogP contribution < -0.4 is 10.9 Å². The second-order valence-corrected chi connectivity index (χ2v) is 8.49. The molecule has 0 spiro atoms. The van der Waals surface area contributed by atoms with Gasteiger partial charge in [0.05, 0.1) is 16.6 Å². The zero-order chi connectivity index (χ0) is 21.8. The first-order chi connectivity index (χ1) is 15.0. The normalized spacial score (nSPS) is 10.9. The molecule has 31 heavy (non-hydrogen) atoms. The fraction of sp³-hybridized carbons (Fsp3) is 0.125. The summed E-state index contributed by atoms with van der Waals surface area (Å²) in [5, 5.41) is 4.59. The molecule has 156 valence electrons. The number of carbonyl (C=O) groups excluding carboxylic acids is 1. The minimum Gasteiger partial charge on any atom is -0.326 e. The van der Waals surface area contributed by atoms with Crippen LogP contribution in [0.5, 0.6) is 0 Å². The Morgan fingerprint density at radius 2 is 1.81 bits per heavy atom. The Morgan fingerprint density at radius 1 is 1.06 bits per heavy atom. The summed E-state index contributed by atoms with van der Waals surface area (Å²) in [6.07, 6.45) is 0.272. The number of nitrogens with one attached hydrogen (secondary N) is 1. The molecule has 1 N–H and O–H groups in total. The Balaban J connectivity index is 1.56. The average molecular weight is 450 g/mol. The van der Waals surface area contributed by atoms with E-state index >= 15 is 0 Å². The lowest BCUT2D eigenvalue weighted by molar-refractivity contribution is -0.115. The van der Waals surface area contributed by atoms with Gasteiger partial charge in [-0.05, 0) is 48.9 Å². The Labute approximate surface area is 189 Å². The topological polar surface area (TPSA) is 64.0 Å². The smallest absolute Gasteiger partial charge is 0.266 e. The van der Waals surface area contributed by atoms with Crippen molar-refractivity contribution < 1.29 is 4.79 Å². The van der Waals surface area contributed by atoms with Crippen molar-refractivity contribution in [3.8, 4) is 5.69 Å². The van der Waals surface area contributed by atoms with Crippen LogP contribution in [0.2, 0.25) is 5.02 Å². The number of carbonyl (C=O) groups is 1. The molecule has 7 heteroatoms. The van der Waals surface area contributed by atoms with Crippen molar-refractivity contribution in [1.82, 2.24) is 9.55 Å². The molecule has 4 rings (SSSR count). The van der Waals surface area contributed by atoms with E-state index in [0.29, 0.717) is 32.5 Å². The van der Waals surface area contributed by atoms with E-state index in [9.17, 15) is 9.59 Å². The number of amides is 1. The van der Waals surface area contributed by atoms with Gasteiger partial charge in [-0.3, -0.25) is 14.2 Å². The van der Waals surface area contributed by atoms with Gasteiger partial charge in [0.25, 0.3) is 5.56 Å². The summed E-state index contributed by atoms with van der Waals surface area (Å²) in [7, 11) is 0. The maximum absolute atomic E-state index is 13.2. The van der Waals surface area contributed by atoms with E-state index in [4.69, 9.17) is 16.6 Å². The minimum atomic E-state index is -0.127. The summed E-state index contributed by atoms with van der Waals surface area (Å²) in [5.41, 5.74) is 2.90. The molecule has 0 saturated heterocycles. The number of nitrogens with zero attached hydrogens (tertiary/aromatic N) is 2. The van der Waals surface area contributed by atoms with Gasteiger partial charge < -0.3 is 5.32 Å². The standard InChI is InChI=1S/C24H20ClN3O2S/c1-16-11-12-17(25)15-21(16)26-22(29)13-14-31-24-27-20-10-6-5-9-19(20)23(30)28(24)18-7-3-2-4-8-18/h2-12,15H,13-14H2,1H3,(H,26,29). The highest BCUT2D eigenvalue weighted by Gasteiger charge is 2.14. The zero-order valence-electron chi connectivity index (χ0n) is 16.8. The summed E-state index contributed by atoms with van der Waals surface area (Å²) in [5.74, 6) is 0.357. The van der Waals surface area contributed by atoms with Crippen molar-refractivity contribution in [2.75, 3.05) is 11.1 Å². The van der Waals surface area contributed by atoms with Crippen molar-refractivity contribution in [3.63, 3.8) is 0 Å². The number of aromatic nitrogens is 2. The highest BCUT2D eigenvalue weighted by atomic mass is 35.5. The first kappa shape index (κ1) is 21.2. The number of para-hydroxylation sites is 2. The number of benzene rings is 3. The van der Waals surface area contributed by atoms with Crippen LogP contribution >= 0.6 is 23.4 Å². The van der Waals surface area contributed by atoms with E-state index in [0.717, 1.165) is 11.3 Å². The summed E-state index contributed by atoms with van der Waals surface area (Å²) in [6, 6.07) is 22.1. The van der Waals surface area contributed by atoms with Crippen LogP contribution in [-0.2, 0) is 4.79 Å². The van der Waals surface area contributed by atoms with Crippen LogP contribution in [0.4, 0.5) is 5.69 Å². The molecule has 0 aliphatic carbocycles. The van der Waals surface area contributed by atoms with Crippen LogP contribution in [0.15, 0.2) is 82.7 Å². The number of halogens is 1. The Hall–Kier alpha value is -3.09. The third-order valence-corrected chi connectivity index (χ3v) is 5.97. The average Bonchev–Trinajstić information content (AvgIpc) is 2.77. The third kappa shape index (κ3) is 4.81. The lowest BCUT2D eigenvalue weighted by atomic mass is 10.2. The molecule has 0 radical (unpaired) electrons. The first-order valence-corrected chi connectivity index (χ1v) is 11.2. The van der Waals surface area contributed by atoms with Crippen LogP contribution in [0.25, 0.3) is 16.6 Å². The number of aryl methyl sites for hydroxylation is 1. The number of thioether (sulfide) groups is 1. The lowest BCUT2D eigenvalue weighted by Crippen LogP contribution is -2.22. The van der Waals surface area contributed by atoms with Crippen molar-refractivity contribution >= 4 is 45.9 Å². The predicted octanol–water partition coefficient (Wildman–Crippen LogP) is 5.47. The quantitative estimate of drug-likeness (QED) is 0.313. The van der Waals surface area contributed by atoms with Crippen molar-refractivity contribution in [3.05, 3.63) is 93.7 Å². The van der Waals surface area contributed by atoms with Crippen LogP contribution in [-0.4, -0.2) is 21.2 Å². The first-order valence-electron chi connectivity index (χ1n) is 9.79. The van der Waals surface area contributed by atoms with Crippen LogP contribution in [0, 0.1) is 6.92 Å². The summed E-state index contributed by atoms with van der Waals surface area (Å²) in [6.45, 7) is 1.91. The molecule has 1 aromatic heterocycles. The number of anilines is 1. The van der Waals surface area contributed by atoms with Crippen LogP contribution in [0.1, 0.15) is 12.0 Å². The molecule has 0 bridgehead atoms. The van der Waals surface area contributed by atoms with E-state index in [1.807, 2.05) is 61.5 Å². The molecule has 5 nitrogen and oxygen atoms in total. The van der Waals surface area contributed by atoms with E-state index in [1.54, 1.807) is 22.8 Å². The largest absolute Gasteiger partial charge is 0.326 e. The van der Waals surface area contributed by atoms with Crippen molar-refractivity contribution in [2.45, 2.75) is 18.5 Å². The lowest BCUT2D eigenvalue weighted by Gasteiger charge is -2.13. The maximum Gasteiger partial charge on any atom is 0.266 e. The van der Waals surface area contributed by atoms with Crippen molar-refractivity contribution in [1.29, 1.82) is 0 Å². The second kappa shape index (κ2) is 9.37. The molecule has 0 saturated carbocycles. The fourth-order valence-electron chi connectivity index (χ4n) is 3.19. The van der Waals surface area contributed by atoms with Gasteiger partial charge in [0, 0.05) is 22.9 Å². The minimum absolute atomic E-state index is 0.118. The number of hydrogen-bond acceptors (Lipinski definition) is 4. The second-order valence-electron chi connectivity index (χ2n) is 6.99. The Kier molecular flexibility index (Phi) is 6.39. The predicted molar refractivity (Wildman–Crippen MR) is 127 cm³/mol. The van der Waals surface area contributed by atoms with Gasteiger partial charge in [-0.1, -0.05) is 59.8 Å². The molecular formula is C24H20ClN3O2S. The molecule has 3 aromatic carbocycles. The fourth-order valence-corrected chi connectivity index (χ4v) is 4.31. The van der Waals surface area contributed by atoms with Gasteiger partial charge >= 0.3 is 0 Å². The van der Waals surface area contributed by atoms with E-state index in [1.165, 1.54) is 11.8 Å². The van der Waals surface area contributed by atoms with Crippen LogP contribution in [0.3, 0.4) is 0 Å². The molecule has 0 unspecified atom stereocenters. The summed E-state index contributed by atoms with van der Waals surface area (Å²) in [4.78, 5) is 30.3. The summed E-state index contributed by atoms with van der Waals surface area (Å²) >= 11 is 7.41. The van der Waals surface area contributed by atoms with Gasteiger partial charge in [0.1, 0.15) is 0 Å². The van der Waals surface area contributed by atoms with Gasteiger partial charge in [-0.25, -0.2) is 4.98 Å². The number of fused-ring (bicyclic) bond motifs is 1. The maximum atomic E-state index is 13.2.